The largest absolute Gasteiger partial charge is 0.480 e. The second-order valence-electron chi connectivity index (χ2n) is 4.07. The Morgan fingerprint density at radius 2 is 1.82 bits per heavy atom. The third-order valence-electron chi connectivity index (χ3n) is 2.22. The van der Waals surface area contributed by atoms with Crippen molar-refractivity contribution < 1.29 is 23.1 Å². The van der Waals surface area contributed by atoms with Crippen molar-refractivity contribution in [2.45, 2.75) is 32.4 Å². The summed E-state index contributed by atoms with van der Waals surface area (Å²) in [5.74, 6) is -2.71. The molecule has 0 saturated heterocycles. The SMILES string of the molecule is CCNC(=O)CCS(=O)(=O)C(C(=O)O)C(C)C. The van der Waals surface area contributed by atoms with Crippen molar-refractivity contribution in [1.29, 1.82) is 0 Å². The number of nitrogens with one attached hydrogen (secondary N) is 1. The summed E-state index contributed by atoms with van der Waals surface area (Å²) in [6, 6.07) is 0. The minimum absolute atomic E-state index is 0.202. The molecule has 0 aliphatic carbocycles. The molecule has 0 saturated carbocycles. The van der Waals surface area contributed by atoms with E-state index in [2.05, 4.69) is 5.32 Å². The van der Waals surface area contributed by atoms with Crippen LogP contribution in [0.5, 0.6) is 0 Å². The van der Waals surface area contributed by atoms with Gasteiger partial charge in [0.05, 0.1) is 5.75 Å². The molecule has 0 radical (unpaired) electrons. The molecule has 6 nitrogen and oxygen atoms in total. The van der Waals surface area contributed by atoms with Gasteiger partial charge in [-0.3, -0.25) is 9.59 Å². The van der Waals surface area contributed by atoms with Crippen LogP contribution in [0.3, 0.4) is 0 Å². The molecule has 0 bridgehead atoms. The smallest absolute Gasteiger partial charge is 0.322 e. The van der Waals surface area contributed by atoms with E-state index in [1.165, 1.54) is 13.8 Å². The Morgan fingerprint density at radius 1 is 1.29 bits per heavy atom. The van der Waals surface area contributed by atoms with Crippen LogP contribution in [0.15, 0.2) is 0 Å². The molecule has 0 aliphatic heterocycles. The van der Waals surface area contributed by atoms with Crippen molar-refractivity contribution in [3.63, 3.8) is 0 Å². The van der Waals surface area contributed by atoms with Crippen LogP contribution >= 0.6 is 0 Å². The highest BCUT2D eigenvalue weighted by Crippen LogP contribution is 2.14. The zero-order valence-electron chi connectivity index (χ0n) is 10.3. The summed E-state index contributed by atoms with van der Waals surface area (Å²) in [7, 11) is -3.79. The highest BCUT2D eigenvalue weighted by molar-refractivity contribution is 7.92. The number of amides is 1. The van der Waals surface area contributed by atoms with E-state index in [1.807, 2.05) is 0 Å². The molecule has 100 valence electrons. The van der Waals surface area contributed by atoms with Gasteiger partial charge in [-0.15, -0.1) is 0 Å². The van der Waals surface area contributed by atoms with Crippen LogP contribution in [0.25, 0.3) is 0 Å². The number of hydrogen-bond donors (Lipinski definition) is 2. The first-order chi connectivity index (χ1) is 7.72. The van der Waals surface area contributed by atoms with E-state index >= 15 is 0 Å². The number of aliphatic carboxylic acids is 1. The quantitative estimate of drug-likeness (QED) is 0.676. The molecular formula is C10H19NO5S. The van der Waals surface area contributed by atoms with E-state index < -0.39 is 32.7 Å². The molecule has 0 aromatic carbocycles. The number of carbonyl (C=O) groups is 2. The third-order valence-corrected chi connectivity index (χ3v) is 4.52. The average Bonchev–Trinajstić information content (AvgIpc) is 2.13. The summed E-state index contributed by atoms with van der Waals surface area (Å²) >= 11 is 0. The van der Waals surface area contributed by atoms with Crippen LogP contribution in [-0.2, 0) is 19.4 Å². The van der Waals surface area contributed by atoms with Crippen LogP contribution in [0.1, 0.15) is 27.2 Å². The van der Waals surface area contributed by atoms with E-state index in [9.17, 15) is 18.0 Å². The Hall–Kier alpha value is -1.11. The number of hydrogen-bond acceptors (Lipinski definition) is 4. The molecule has 0 aliphatic rings. The topological polar surface area (TPSA) is 101 Å². The molecule has 1 unspecified atom stereocenters. The number of rotatable bonds is 7. The lowest BCUT2D eigenvalue weighted by Crippen LogP contribution is -2.37. The molecule has 2 N–H and O–H groups in total. The van der Waals surface area contributed by atoms with Gasteiger partial charge < -0.3 is 10.4 Å². The Morgan fingerprint density at radius 3 is 2.18 bits per heavy atom. The van der Waals surface area contributed by atoms with E-state index in [-0.39, 0.29) is 12.3 Å². The molecule has 7 heteroatoms. The summed E-state index contributed by atoms with van der Waals surface area (Å²) < 4.78 is 23.5. The number of carboxylic acids is 1. The minimum atomic E-state index is -3.79. The van der Waals surface area contributed by atoms with Gasteiger partial charge in [-0.05, 0) is 12.8 Å². The van der Waals surface area contributed by atoms with Crippen LogP contribution in [-0.4, -0.2) is 42.9 Å². The lowest BCUT2D eigenvalue weighted by molar-refractivity contribution is -0.137. The molecule has 0 aromatic rings. The minimum Gasteiger partial charge on any atom is -0.480 e. The summed E-state index contributed by atoms with van der Waals surface area (Å²) in [6.45, 7) is 5.21. The van der Waals surface area contributed by atoms with Crippen LogP contribution < -0.4 is 5.32 Å². The molecule has 17 heavy (non-hydrogen) atoms. The van der Waals surface area contributed by atoms with E-state index in [4.69, 9.17) is 5.11 Å². The van der Waals surface area contributed by atoms with Crippen molar-refractivity contribution in [3.8, 4) is 0 Å². The van der Waals surface area contributed by atoms with E-state index in [0.717, 1.165) is 0 Å². The second-order valence-corrected chi connectivity index (χ2v) is 6.32. The highest BCUT2D eigenvalue weighted by Gasteiger charge is 2.35. The second kappa shape index (κ2) is 6.58. The van der Waals surface area contributed by atoms with Crippen molar-refractivity contribution >= 4 is 21.7 Å². The monoisotopic (exact) mass is 265 g/mol. The van der Waals surface area contributed by atoms with Gasteiger partial charge in [0.25, 0.3) is 0 Å². The van der Waals surface area contributed by atoms with Gasteiger partial charge in [0.2, 0.25) is 5.91 Å². The zero-order valence-corrected chi connectivity index (χ0v) is 11.1. The van der Waals surface area contributed by atoms with E-state index in [1.54, 1.807) is 6.92 Å². The van der Waals surface area contributed by atoms with Crippen molar-refractivity contribution in [2.75, 3.05) is 12.3 Å². The highest BCUT2D eigenvalue weighted by atomic mass is 32.2. The Bertz CT molecular complexity index is 374. The summed E-state index contributed by atoms with van der Waals surface area (Å²) in [4.78, 5) is 22.0. The fraction of sp³-hybridized carbons (Fsp3) is 0.800. The first-order valence-electron chi connectivity index (χ1n) is 5.43. The van der Waals surface area contributed by atoms with Gasteiger partial charge in [-0.1, -0.05) is 13.8 Å². The number of carbonyl (C=O) groups excluding carboxylic acids is 1. The van der Waals surface area contributed by atoms with Crippen LogP contribution in [0, 0.1) is 5.92 Å². The van der Waals surface area contributed by atoms with Gasteiger partial charge in [0, 0.05) is 13.0 Å². The molecule has 1 amide bonds. The Balaban J connectivity index is 4.66. The van der Waals surface area contributed by atoms with Gasteiger partial charge in [-0.25, -0.2) is 8.42 Å². The fourth-order valence-electron chi connectivity index (χ4n) is 1.50. The lowest BCUT2D eigenvalue weighted by atomic mass is 10.1. The predicted molar refractivity (Wildman–Crippen MR) is 63.3 cm³/mol. The molecule has 0 spiro atoms. The van der Waals surface area contributed by atoms with Gasteiger partial charge in [-0.2, -0.15) is 0 Å². The lowest BCUT2D eigenvalue weighted by Gasteiger charge is -2.16. The predicted octanol–water partition coefficient (Wildman–Crippen LogP) is 0.0366. The van der Waals surface area contributed by atoms with Crippen LogP contribution in [0.4, 0.5) is 0 Å². The Kier molecular flexibility index (Phi) is 6.15. The summed E-state index contributed by atoms with van der Waals surface area (Å²) in [6.07, 6.45) is -0.202. The maximum Gasteiger partial charge on any atom is 0.322 e. The average molecular weight is 265 g/mol. The van der Waals surface area contributed by atoms with Gasteiger partial charge in [0.15, 0.2) is 15.1 Å². The molecule has 1 atom stereocenters. The summed E-state index contributed by atoms with van der Waals surface area (Å²) in [5.41, 5.74) is 0. The fourth-order valence-corrected chi connectivity index (χ4v) is 3.36. The Labute approximate surface area is 101 Å². The van der Waals surface area contributed by atoms with Gasteiger partial charge >= 0.3 is 5.97 Å². The molecular weight excluding hydrogens is 246 g/mol. The molecule has 0 aromatic heterocycles. The van der Waals surface area contributed by atoms with Crippen molar-refractivity contribution in [2.24, 2.45) is 5.92 Å². The molecule has 0 rings (SSSR count). The molecule has 0 fully saturated rings. The zero-order chi connectivity index (χ0) is 13.6. The standard InChI is InChI=1S/C10H19NO5S/c1-4-11-8(12)5-6-17(15,16)9(7(2)3)10(13)14/h7,9H,4-6H2,1-3H3,(H,11,12)(H,13,14). The third kappa shape index (κ3) is 5.16. The maximum absolute atomic E-state index is 11.8. The maximum atomic E-state index is 11.8. The molecule has 0 heterocycles. The first kappa shape index (κ1) is 15.9. The van der Waals surface area contributed by atoms with Crippen molar-refractivity contribution in [1.82, 2.24) is 5.32 Å². The first-order valence-corrected chi connectivity index (χ1v) is 7.15. The van der Waals surface area contributed by atoms with E-state index in [0.29, 0.717) is 6.54 Å². The summed E-state index contributed by atoms with van der Waals surface area (Å²) in [5, 5.41) is 9.89. The van der Waals surface area contributed by atoms with Crippen molar-refractivity contribution in [3.05, 3.63) is 0 Å². The van der Waals surface area contributed by atoms with Crippen LogP contribution in [0.2, 0.25) is 0 Å². The normalized spacial score (nSPS) is 13.4. The number of carboxylic acid groups (broad SMARTS) is 1. The number of sulfone groups is 1. The van der Waals surface area contributed by atoms with Gasteiger partial charge in [0.1, 0.15) is 0 Å².